The molecule has 228 valence electrons. The number of anilines is 2. The lowest BCUT2D eigenvalue weighted by atomic mass is 9.97. The minimum Gasteiger partial charge on any atom is -0.481 e. The predicted molar refractivity (Wildman–Crippen MR) is 166 cm³/mol. The third kappa shape index (κ3) is 5.71. The average molecular weight is 618 g/mol. The normalized spacial score (nSPS) is 15.8. The molecule has 4 heterocycles. The summed E-state index contributed by atoms with van der Waals surface area (Å²) in [5, 5.41) is 10.9. The maximum absolute atomic E-state index is 13.1. The summed E-state index contributed by atoms with van der Waals surface area (Å²) in [5.74, 6) is -0.673. The van der Waals surface area contributed by atoms with E-state index in [-0.39, 0.29) is 36.4 Å². The number of nitrogens with zero attached hydrogens (tertiary/aromatic N) is 5. The number of amides is 1. The number of fused-ring (bicyclic) bond motifs is 2. The summed E-state index contributed by atoms with van der Waals surface area (Å²) in [6.07, 6.45) is 3.73. The van der Waals surface area contributed by atoms with Crippen molar-refractivity contribution in [2.24, 2.45) is 5.92 Å². The summed E-state index contributed by atoms with van der Waals surface area (Å²) in [4.78, 5) is 63.1. The fourth-order valence-electron chi connectivity index (χ4n) is 6.06. The Morgan fingerprint density at radius 3 is 2.52 bits per heavy atom. The number of ether oxygens (including phenoxy) is 1. The van der Waals surface area contributed by atoms with Gasteiger partial charge in [0.2, 0.25) is 11.9 Å². The number of aliphatic carboxylic acids is 1. The van der Waals surface area contributed by atoms with Crippen molar-refractivity contribution in [2.75, 3.05) is 36.0 Å². The van der Waals surface area contributed by atoms with Crippen LogP contribution in [0.4, 0.5) is 11.5 Å². The minimum atomic E-state index is -1.05. The molecule has 0 spiro atoms. The van der Waals surface area contributed by atoms with E-state index >= 15 is 0 Å². The van der Waals surface area contributed by atoms with E-state index in [9.17, 15) is 19.2 Å². The minimum absolute atomic E-state index is 0.0799. The Kier molecular flexibility index (Phi) is 8.22. The highest BCUT2D eigenvalue weighted by molar-refractivity contribution is 6.31. The van der Waals surface area contributed by atoms with Gasteiger partial charge >= 0.3 is 11.9 Å². The lowest BCUT2D eigenvalue weighted by Crippen LogP contribution is -2.37. The van der Waals surface area contributed by atoms with Gasteiger partial charge in [0.15, 0.2) is 5.78 Å². The van der Waals surface area contributed by atoms with E-state index in [0.717, 1.165) is 17.5 Å². The van der Waals surface area contributed by atoms with Crippen LogP contribution in [0, 0.1) is 5.92 Å². The maximum Gasteiger partial charge on any atom is 0.309 e. The molecule has 44 heavy (non-hydrogen) atoms. The fourth-order valence-corrected chi connectivity index (χ4v) is 6.23. The molecule has 2 saturated heterocycles. The fraction of sp³-hybridized carbons (Fsp3) is 0.375. The van der Waals surface area contributed by atoms with E-state index in [1.54, 1.807) is 40.8 Å². The quantitative estimate of drug-likeness (QED) is 0.199. The highest BCUT2D eigenvalue weighted by atomic mass is 35.5. The number of ketones is 1. The first-order chi connectivity index (χ1) is 21.2. The van der Waals surface area contributed by atoms with Gasteiger partial charge < -0.3 is 19.6 Å². The number of esters is 1. The number of carbonyl (C=O) groups excluding carboxylic acids is 3. The van der Waals surface area contributed by atoms with Gasteiger partial charge in [-0.1, -0.05) is 11.6 Å². The van der Waals surface area contributed by atoms with Crippen molar-refractivity contribution < 1.29 is 29.0 Å². The number of hydrogen-bond donors (Lipinski definition) is 1. The number of rotatable bonds is 9. The summed E-state index contributed by atoms with van der Waals surface area (Å²) in [5.41, 5.74) is 2.43. The van der Waals surface area contributed by atoms with Gasteiger partial charge in [-0.05, 0) is 62.6 Å². The Labute approximate surface area is 258 Å². The Hall–Kier alpha value is -4.51. The SMILES string of the molecule is CCOC(=O)C1CCN(c2nc(-n3cc(C(=O)CCC(=O)O)c4cc(Cl)ccc43)nc3ccc(N4CCCC4=O)cc23)CC1. The van der Waals surface area contributed by atoms with Crippen LogP contribution >= 0.6 is 11.6 Å². The molecular formula is C32H32ClN5O6. The zero-order valence-corrected chi connectivity index (χ0v) is 25.0. The first kappa shape index (κ1) is 29.6. The van der Waals surface area contributed by atoms with Crippen LogP contribution in [0.3, 0.4) is 0 Å². The predicted octanol–water partition coefficient (Wildman–Crippen LogP) is 5.18. The number of halogens is 1. The van der Waals surface area contributed by atoms with Gasteiger partial charge in [0, 0.05) is 65.7 Å². The van der Waals surface area contributed by atoms with Crippen molar-refractivity contribution in [3.63, 3.8) is 0 Å². The van der Waals surface area contributed by atoms with E-state index < -0.39 is 5.97 Å². The molecule has 2 fully saturated rings. The first-order valence-corrected chi connectivity index (χ1v) is 15.2. The van der Waals surface area contributed by atoms with Crippen LogP contribution in [-0.4, -0.2) is 69.5 Å². The highest BCUT2D eigenvalue weighted by Gasteiger charge is 2.29. The second-order valence-corrected chi connectivity index (χ2v) is 11.5. The summed E-state index contributed by atoms with van der Waals surface area (Å²) in [6.45, 7) is 3.94. The lowest BCUT2D eigenvalue weighted by Gasteiger charge is -2.32. The molecule has 11 nitrogen and oxygen atoms in total. The molecule has 0 bridgehead atoms. The maximum atomic E-state index is 13.1. The number of benzene rings is 2. The van der Waals surface area contributed by atoms with Gasteiger partial charge in [-0.15, -0.1) is 0 Å². The van der Waals surface area contributed by atoms with Gasteiger partial charge in [0.1, 0.15) is 5.82 Å². The van der Waals surface area contributed by atoms with Gasteiger partial charge in [-0.3, -0.25) is 23.7 Å². The van der Waals surface area contributed by atoms with E-state index in [4.69, 9.17) is 31.4 Å². The summed E-state index contributed by atoms with van der Waals surface area (Å²) in [7, 11) is 0. The Morgan fingerprint density at radius 1 is 1.02 bits per heavy atom. The van der Waals surface area contributed by atoms with E-state index in [0.29, 0.717) is 84.3 Å². The van der Waals surface area contributed by atoms with Crippen molar-refractivity contribution in [3.8, 4) is 5.95 Å². The zero-order valence-electron chi connectivity index (χ0n) is 24.3. The molecule has 2 aromatic carbocycles. The second-order valence-electron chi connectivity index (χ2n) is 11.1. The molecule has 0 saturated carbocycles. The van der Waals surface area contributed by atoms with Crippen LogP contribution in [-0.2, 0) is 19.1 Å². The van der Waals surface area contributed by atoms with Crippen molar-refractivity contribution in [3.05, 3.63) is 53.2 Å². The standard InChI is InChI=1S/C32H32ClN5O6/c1-2-44-31(43)19-11-14-36(15-12-19)30-23-17-21(37-13-3-4-28(37)40)6-7-25(23)34-32(35-30)38-18-24(27(39)9-10-29(41)42)22-16-20(33)5-8-26(22)38/h5-8,16-19H,2-4,9-15H2,1H3,(H,41,42). The highest BCUT2D eigenvalue weighted by Crippen LogP contribution is 2.35. The summed E-state index contributed by atoms with van der Waals surface area (Å²) >= 11 is 6.30. The Bertz CT molecular complexity index is 1800. The van der Waals surface area contributed by atoms with E-state index in [2.05, 4.69) is 4.90 Å². The molecule has 0 atom stereocenters. The van der Waals surface area contributed by atoms with Crippen LogP contribution in [0.15, 0.2) is 42.6 Å². The van der Waals surface area contributed by atoms with Crippen molar-refractivity contribution >= 4 is 68.5 Å². The third-order valence-electron chi connectivity index (χ3n) is 8.30. The molecule has 1 amide bonds. The van der Waals surface area contributed by atoms with Crippen LogP contribution in [0.5, 0.6) is 0 Å². The van der Waals surface area contributed by atoms with Crippen molar-refractivity contribution in [1.82, 2.24) is 14.5 Å². The summed E-state index contributed by atoms with van der Waals surface area (Å²) in [6, 6.07) is 10.9. The number of hydrogen-bond acceptors (Lipinski definition) is 8. The molecule has 12 heteroatoms. The Balaban J connectivity index is 1.46. The lowest BCUT2D eigenvalue weighted by molar-refractivity contribution is -0.148. The molecule has 0 aliphatic carbocycles. The number of piperidine rings is 1. The smallest absolute Gasteiger partial charge is 0.309 e. The largest absolute Gasteiger partial charge is 0.481 e. The zero-order chi connectivity index (χ0) is 31.0. The first-order valence-electron chi connectivity index (χ1n) is 14.8. The van der Waals surface area contributed by atoms with Crippen LogP contribution in [0.25, 0.3) is 27.8 Å². The van der Waals surface area contributed by atoms with Crippen LogP contribution in [0.2, 0.25) is 5.02 Å². The number of carbonyl (C=O) groups is 4. The Morgan fingerprint density at radius 2 is 1.82 bits per heavy atom. The molecule has 2 aliphatic heterocycles. The molecule has 0 unspecified atom stereocenters. The van der Waals surface area contributed by atoms with E-state index in [1.807, 2.05) is 18.2 Å². The van der Waals surface area contributed by atoms with Crippen LogP contribution < -0.4 is 9.80 Å². The van der Waals surface area contributed by atoms with Gasteiger partial charge in [0.05, 0.1) is 30.0 Å². The van der Waals surface area contributed by atoms with Crippen LogP contribution in [0.1, 0.15) is 55.8 Å². The number of carboxylic acid groups (broad SMARTS) is 1. The van der Waals surface area contributed by atoms with E-state index in [1.165, 1.54) is 0 Å². The summed E-state index contributed by atoms with van der Waals surface area (Å²) < 4.78 is 6.99. The molecule has 2 aromatic heterocycles. The topological polar surface area (TPSA) is 135 Å². The van der Waals surface area contributed by atoms with Gasteiger partial charge in [-0.25, -0.2) is 4.98 Å². The third-order valence-corrected chi connectivity index (χ3v) is 8.53. The van der Waals surface area contributed by atoms with Crippen molar-refractivity contribution in [1.29, 1.82) is 0 Å². The molecule has 6 rings (SSSR count). The van der Waals surface area contributed by atoms with Gasteiger partial charge in [0.25, 0.3) is 0 Å². The van der Waals surface area contributed by atoms with Gasteiger partial charge in [-0.2, -0.15) is 4.98 Å². The molecule has 4 aromatic rings. The molecule has 0 radical (unpaired) electrons. The number of Topliss-reactive ketones (excluding diaryl/α,β-unsaturated/α-hetero) is 1. The molecule has 1 N–H and O–H groups in total. The second kappa shape index (κ2) is 12.2. The molecular weight excluding hydrogens is 586 g/mol. The number of aromatic nitrogens is 3. The van der Waals surface area contributed by atoms with Crippen molar-refractivity contribution in [2.45, 2.75) is 45.4 Å². The monoisotopic (exact) mass is 617 g/mol. The molecule has 2 aliphatic rings. The average Bonchev–Trinajstić information content (AvgIpc) is 3.62. The number of carboxylic acids is 1.